The standard InChI is InChI=1S/C20H36N2/c1-7-17(13-15(3)4)21-19-9-11-20(12-10-19)22-18(8-2)14-16(5)6/h9-12,15-18,21-22H,7-8,13-14H2,1-6H3/t17-,18-/m0/s1. The first-order chi connectivity index (χ1) is 10.4. The molecule has 2 nitrogen and oxygen atoms in total. The molecular formula is C20H36N2. The summed E-state index contributed by atoms with van der Waals surface area (Å²) in [6, 6.07) is 9.95. The van der Waals surface area contributed by atoms with Gasteiger partial charge in [0.2, 0.25) is 0 Å². The minimum absolute atomic E-state index is 0.572. The van der Waals surface area contributed by atoms with Gasteiger partial charge in [0.15, 0.2) is 0 Å². The highest BCUT2D eigenvalue weighted by atomic mass is 14.9. The first-order valence-electron chi connectivity index (χ1n) is 9.07. The second-order valence-corrected chi connectivity index (χ2v) is 7.34. The lowest BCUT2D eigenvalue weighted by atomic mass is 10.0. The molecule has 0 unspecified atom stereocenters. The summed E-state index contributed by atoms with van der Waals surface area (Å²) in [5.74, 6) is 1.47. The van der Waals surface area contributed by atoms with Crippen LogP contribution < -0.4 is 10.6 Å². The monoisotopic (exact) mass is 304 g/mol. The fraction of sp³-hybridized carbons (Fsp3) is 0.700. The third-order valence-corrected chi connectivity index (χ3v) is 4.12. The van der Waals surface area contributed by atoms with Crippen molar-refractivity contribution in [2.75, 3.05) is 10.6 Å². The Morgan fingerprint density at radius 3 is 1.23 bits per heavy atom. The van der Waals surface area contributed by atoms with E-state index in [9.17, 15) is 0 Å². The molecule has 0 aliphatic heterocycles. The largest absolute Gasteiger partial charge is 0.382 e. The van der Waals surface area contributed by atoms with Gasteiger partial charge in [-0.2, -0.15) is 0 Å². The quantitative estimate of drug-likeness (QED) is 0.541. The Morgan fingerprint density at radius 2 is 1.00 bits per heavy atom. The van der Waals surface area contributed by atoms with Crippen LogP contribution in [0.5, 0.6) is 0 Å². The maximum absolute atomic E-state index is 3.66. The second-order valence-electron chi connectivity index (χ2n) is 7.34. The Morgan fingerprint density at radius 1 is 0.682 bits per heavy atom. The average Bonchev–Trinajstić information content (AvgIpc) is 2.46. The molecule has 0 aromatic heterocycles. The summed E-state index contributed by atoms with van der Waals surface area (Å²) in [7, 11) is 0. The lowest BCUT2D eigenvalue weighted by molar-refractivity contribution is 0.507. The molecule has 126 valence electrons. The van der Waals surface area contributed by atoms with Crippen molar-refractivity contribution in [2.24, 2.45) is 11.8 Å². The van der Waals surface area contributed by atoms with Crippen molar-refractivity contribution in [2.45, 2.75) is 79.3 Å². The van der Waals surface area contributed by atoms with Gasteiger partial charge in [0.05, 0.1) is 0 Å². The number of nitrogens with one attached hydrogen (secondary N) is 2. The van der Waals surface area contributed by atoms with Crippen LogP contribution >= 0.6 is 0 Å². The highest BCUT2D eigenvalue weighted by Crippen LogP contribution is 2.20. The molecule has 22 heavy (non-hydrogen) atoms. The summed E-state index contributed by atoms with van der Waals surface area (Å²) in [4.78, 5) is 0. The van der Waals surface area contributed by atoms with Crippen LogP contribution in [0.3, 0.4) is 0 Å². The first-order valence-corrected chi connectivity index (χ1v) is 9.07. The van der Waals surface area contributed by atoms with E-state index in [0.29, 0.717) is 12.1 Å². The molecule has 0 amide bonds. The molecule has 2 N–H and O–H groups in total. The average molecular weight is 305 g/mol. The normalized spacial score (nSPS) is 14.2. The zero-order chi connectivity index (χ0) is 16.5. The van der Waals surface area contributed by atoms with E-state index in [2.05, 4.69) is 76.4 Å². The zero-order valence-corrected chi connectivity index (χ0v) is 15.4. The van der Waals surface area contributed by atoms with Gasteiger partial charge in [-0.05, 0) is 61.8 Å². The van der Waals surface area contributed by atoms with Crippen LogP contribution in [0.25, 0.3) is 0 Å². The van der Waals surface area contributed by atoms with E-state index in [1.54, 1.807) is 0 Å². The smallest absolute Gasteiger partial charge is 0.0343 e. The highest BCUT2D eigenvalue weighted by molar-refractivity contribution is 5.54. The van der Waals surface area contributed by atoms with Crippen LogP contribution in [0.1, 0.15) is 67.2 Å². The summed E-state index contributed by atoms with van der Waals surface area (Å²) < 4.78 is 0. The SMILES string of the molecule is CC[C@@H](CC(C)C)Nc1ccc(N[C@@H](CC)CC(C)C)cc1. The topological polar surface area (TPSA) is 24.1 Å². The third-order valence-electron chi connectivity index (χ3n) is 4.12. The summed E-state index contributed by atoms with van der Waals surface area (Å²) in [5.41, 5.74) is 2.46. The lowest BCUT2D eigenvalue weighted by Gasteiger charge is -2.22. The number of hydrogen-bond acceptors (Lipinski definition) is 2. The Balaban J connectivity index is 2.58. The fourth-order valence-electron chi connectivity index (χ4n) is 2.93. The zero-order valence-electron chi connectivity index (χ0n) is 15.4. The summed E-state index contributed by atoms with van der Waals surface area (Å²) in [6.07, 6.45) is 4.79. The molecule has 1 aromatic carbocycles. The van der Waals surface area contributed by atoms with E-state index < -0.39 is 0 Å². The Hall–Kier alpha value is -1.18. The minimum atomic E-state index is 0.572. The first kappa shape index (κ1) is 18.9. The Labute approximate surface area is 138 Å². The maximum atomic E-state index is 3.66. The minimum Gasteiger partial charge on any atom is -0.382 e. The molecule has 0 bridgehead atoms. The number of hydrogen-bond donors (Lipinski definition) is 2. The number of anilines is 2. The van der Waals surface area contributed by atoms with E-state index >= 15 is 0 Å². The van der Waals surface area contributed by atoms with Crippen molar-refractivity contribution in [3.63, 3.8) is 0 Å². The van der Waals surface area contributed by atoms with E-state index in [-0.39, 0.29) is 0 Å². The van der Waals surface area contributed by atoms with Crippen molar-refractivity contribution in [3.8, 4) is 0 Å². The van der Waals surface area contributed by atoms with E-state index in [1.165, 1.54) is 37.1 Å². The predicted octanol–water partition coefficient (Wildman–Crippen LogP) is 6.16. The molecule has 1 aromatic rings. The van der Waals surface area contributed by atoms with Gasteiger partial charge in [-0.15, -0.1) is 0 Å². The molecule has 2 heteroatoms. The van der Waals surface area contributed by atoms with Gasteiger partial charge in [-0.1, -0.05) is 41.5 Å². The predicted molar refractivity (Wildman–Crippen MR) is 101 cm³/mol. The molecule has 1 rings (SSSR count). The molecule has 0 aliphatic rings. The van der Waals surface area contributed by atoms with Crippen molar-refractivity contribution in [1.82, 2.24) is 0 Å². The van der Waals surface area contributed by atoms with Crippen molar-refractivity contribution in [1.29, 1.82) is 0 Å². The second kappa shape index (κ2) is 9.76. The Kier molecular flexibility index (Phi) is 8.37. The van der Waals surface area contributed by atoms with Crippen molar-refractivity contribution < 1.29 is 0 Å². The summed E-state index contributed by atoms with van der Waals surface area (Å²) >= 11 is 0. The molecule has 2 atom stereocenters. The van der Waals surface area contributed by atoms with Crippen LogP contribution in [0, 0.1) is 11.8 Å². The van der Waals surface area contributed by atoms with Gasteiger partial charge in [-0.3, -0.25) is 0 Å². The van der Waals surface area contributed by atoms with Crippen molar-refractivity contribution >= 4 is 11.4 Å². The molecule has 0 saturated carbocycles. The molecule has 0 fully saturated rings. The van der Waals surface area contributed by atoms with Crippen LogP contribution in [-0.4, -0.2) is 12.1 Å². The fourth-order valence-corrected chi connectivity index (χ4v) is 2.93. The highest BCUT2D eigenvalue weighted by Gasteiger charge is 2.10. The van der Waals surface area contributed by atoms with Crippen LogP contribution in [-0.2, 0) is 0 Å². The van der Waals surface area contributed by atoms with Crippen LogP contribution in [0.4, 0.5) is 11.4 Å². The van der Waals surface area contributed by atoms with E-state index in [1.807, 2.05) is 0 Å². The molecular weight excluding hydrogens is 268 g/mol. The van der Waals surface area contributed by atoms with E-state index in [4.69, 9.17) is 0 Å². The molecule has 0 aliphatic carbocycles. The molecule has 0 spiro atoms. The van der Waals surface area contributed by atoms with Gasteiger partial charge >= 0.3 is 0 Å². The number of benzene rings is 1. The van der Waals surface area contributed by atoms with Gasteiger partial charge in [-0.25, -0.2) is 0 Å². The third kappa shape index (κ3) is 7.20. The summed E-state index contributed by atoms with van der Waals surface area (Å²) in [5, 5.41) is 7.32. The van der Waals surface area contributed by atoms with Crippen molar-refractivity contribution in [3.05, 3.63) is 24.3 Å². The molecule has 0 heterocycles. The van der Waals surface area contributed by atoms with Gasteiger partial charge in [0.1, 0.15) is 0 Å². The number of rotatable bonds is 10. The maximum Gasteiger partial charge on any atom is 0.0343 e. The molecule has 0 radical (unpaired) electrons. The van der Waals surface area contributed by atoms with Crippen LogP contribution in [0.2, 0.25) is 0 Å². The van der Waals surface area contributed by atoms with E-state index in [0.717, 1.165) is 11.8 Å². The molecule has 0 saturated heterocycles. The van der Waals surface area contributed by atoms with Gasteiger partial charge in [0, 0.05) is 23.5 Å². The lowest BCUT2D eigenvalue weighted by Crippen LogP contribution is -2.21. The van der Waals surface area contributed by atoms with Crippen LogP contribution in [0.15, 0.2) is 24.3 Å². The van der Waals surface area contributed by atoms with Gasteiger partial charge < -0.3 is 10.6 Å². The Bertz CT molecular complexity index is 356. The van der Waals surface area contributed by atoms with Gasteiger partial charge in [0.25, 0.3) is 0 Å². The summed E-state index contributed by atoms with van der Waals surface area (Å²) in [6.45, 7) is 13.7.